The molecule has 4 atom stereocenters. The first-order chi connectivity index (χ1) is 23.4. The maximum absolute atomic E-state index is 12.2. The molecule has 256 valence electrons. The van der Waals surface area contributed by atoms with Crippen LogP contribution in [0.15, 0.2) is 85.5 Å². The SMILES string of the molecule is C=CCN(C[C@H]1O[C@@H](c2cccc(-c3cccc(CNC(=O)NCC(=O)OCC)c3)c2)O[C@@H](c2ccc(CO)cc2)[C@H]1C)C1CCCC1. The second kappa shape index (κ2) is 17.4. The largest absolute Gasteiger partial charge is 0.465 e. The highest BCUT2D eigenvalue weighted by molar-refractivity contribution is 5.80. The summed E-state index contributed by atoms with van der Waals surface area (Å²) in [6.07, 6.45) is 6.09. The molecule has 2 aliphatic rings. The maximum Gasteiger partial charge on any atom is 0.325 e. The normalized spacial score (nSPS) is 21.2. The van der Waals surface area contributed by atoms with Crippen LogP contribution in [0.2, 0.25) is 0 Å². The Morgan fingerprint density at radius 3 is 2.40 bits per heavy atom. The van der Waals surface area contributed by atoms with Gasteiger partial charge in [0.15, 0.2) is 6.29 Å². The van der Waals surface area contributed by atoms with Crippen LogP contribution in [0.5, 0.6) is 0 Å². The molecule has 2 amide bonds. The molecule has 3 N–H and O–H groups in total. The number of amides is 2. The molecular formula is C39H49N3O6. The van der Waals surface area contributed by atoms with Crippen molar-refractivity contribution in [3.8, 4) is 11.1 Å². The Morgan fingerprint density at radius 1 is 0.958 bits per heavy atom. The Hall–Kier alpha value is -4.02. The van der Waals surface area contributed by atoms with E-state index in [1.54, 1.807) is 6.92 Å². The highest BCUT2D eigenvalue weighted by Gasteiger charge is 2.40. The van der Waals surface area contributed by atoms with Crippen molar-refractivity contribution in [2.24, 2.45) is 5.92 Å². The minimum Gasteiger partial charge on any atom is -0.465 e. The van der Waals surface area contributed by atoms with Crippen LogP contribution < -0.4 is 10.6 Å². The van der Waals surface area contributed by atoms with Crippen LogP contribution in [-0.2, 0) is 32.2 Å². The molecule has 0 aromatic heterocycles. The monoisotopic (exact) mass is 655 g/mol. The van der Waals surface area contributed by atoms with Gasteiger partial charge < -0.3 is 30.0 Å². The summed E-state index contributed by atoms with van der Waals surface area (Å²) in [6.45, 7) is 9.98. The van der Waals surface area contributed by atoms with Gasteiger partial charge in [-0.25, -0.2) is 4.79 Å². The molecule has 0 spiro atoms. The lowest BCUT2D eigenvalue weighted by Crippen LogP contribution is -2.47. The summed E-state index contributed by atoms with van der Waals surface area (Å²) < 4.78 is 18.4. The highest BCUT2D eigenvalue weighted by Crippen LogP contribution is 2.43. The number of benzene rings is 3. The average Bonchev–Trinajstić information content (AvgIpc) is 3.66. The van der Waals surface area contributed by atoms with Gasteiger partial charge in [-0.05, 0) is 59.7 Å². The van der Waals surface area contributed by atoms with E-state index in [1.165, 1.54) is 25.7 Å². The molecule has 3 aromatic rings. The number of nitrogens with zero attached hydrogens (tertiary/aromatic N) is 1. The van der Waals surface area contributed by atoms with E-state index < -0.39 is 18.3 Å². The maximum atomic E-state index is 12.2. The minimum atomic E-state index is -0.573. The molecule has 3 aromatic carbocycles. The van der Waals surface area contributed by atoms with Crippen molar-refractivity contribution in [3.63, 3.8) is 0 Å². The van der Waals surface area contributed by atoms with Gasteiger partial charge in [0.1, 0.15) is 6.54 Å². The zero-order valence-electron chi connectivity index (χ0n) is 28.1. The molecule has 2 fully saturated rings. The number of hydrogen-bond donors (Lipinski definition) is 3. The van der Waals surface area contributed by atoms with Gasteiger partial charge in [-0.3, -0.25) is 9.69 Å². The number of esters is 1. The second-order valence-corrected chi connectivity index (χ2v) is 12.7. The van der Waals surface area contributed by atoms with Crippen LogP contribution in [0.3, 0.4) is 0 Å². The second-order valence-electron chi connectivity index (χ2n) is 12.7. The van der Waals surface area contributed by atoms with Gasteiger partial charge in [-0.2, -0.15) is 0 Å². The van der Waals surface area contributed by atoms with E-state index in [0.717, 1.165) is 46.5 Å². The fourth-order valence-electron chi connectivity index (χ4n) is 6.70. The predicted molar refractivity (Wildman–Crippen MR) is 186 cm³/mol. The molecule has 0 unspecified atom stereocenters. The topological polar surface area (TPSA) is 109 Å². The minimum absolute atomic E-state index is 0.000353. The van der Waals surface area contributed by atoms with Gasteiger partial charge in [-0.15, -0.1) is 6.58 Å². The number of carbonyl (C=O) groups is 2. The van der Waals surface area contributed by atoms with Gasteiger partial charge >= 0.3 is 12.0 Å². The Bertz CT molecular complexity index is 1510. The van der Waals surface area contributed by atoms with Crippen LogP contribution >= 0.6 is 0 Å². The lowest BCUT2D eigenvalue weighted by molar-refractivity contribution is -0.276. The molecule has 1 saturated carbocycles. The predicted octanol–water partition coefficient (Wildman–Crippen LogP) is 6.43. The van der Waals surface area contributed by atoms with Crippen LogP contribution in [0.1, 0.15) is 74.2 Å². The standard InChI is InChI=1S/C39H49N3O6/c1-4-20-42(34-14-6-7-15-34)25-35-27(3)37(30-18-16-28(26-43)17-19-30)48-38(47-35)33-13-9-12-32(22-33)31-11-8-10-29(21-31)23-40-39(45)41-24-36(44)46-5-2/h4,8-13,16-19,21-22,27,34-35,37-38,43H,1,5-7,14-15,20,23-26H2,2-3H3,(H2,40,41,45)/t27-,35+,37+,38+/m0/s1. The van der Waals surface area contributed by atoms with E-state index in [9.17, 15) is 14.7 Å². The quantitative estimate of drug-likeness (QED) is 0.136. The summed E-state index contributed by atoms with van der Waals surface area (Å²) in [7, 11) is 0. The Balaban J connectivity index is 1.34. The van der Waals surface area contributed by atoms with Crippen LogP contribution in [-0.4, -0.2) is 60.4 Å². The molecule has 0 bridgehead atoms. The molecule has 48 heavy (non-hydrogen) atoms. The van der Waals surface area contributed by atoms with Crippen molar-refractivity contribution in [1.29, 1.82) is 0 Å². The summed E-state index contributed by atoms with van der Waals surface area (Å²) >= 11 is 0. The van der Waals surface area contributed by atoms with E-state index in [2.05, 4.69) is 53.3 Å². The average molecular weight is 656 g/mol. The first-order valence-corrected chi connectivity index (χ1v) is 17.1. The molecule has 0 radical (unpaired) electrons. The Kier molecular flexibility index (Phi) is 12.8. The van der Waals surface area contributed by atoms with E-state index >= 15 is 0 Å². The fraction of sp³-hybridized carbons (Fsp3) is 0.436. The highest BCUT2D eigenvalue weighted by atomic mass is 16.7. The van der Waals surface area contributed by atoms with Crippen LogP contribution in [0.4, 0.5) is 4.79 Å². The van der Waals surface area contributed by atoms with Crippen molar-refractivity contribution < 1.29 is 28.9 Å². The van der Waals surface area contributed by atoms with Crippen molar-refractivity contribution in [1.82, 2.24) is 15.5 Å². The summed E-state index contributed by atoms with van der Waals surface area (Å²) in [4.78, 5) is 26.3. The number of urea groups is 1. The molecule has 1 heterocycles. The van der Waals surface area contributed by atoms with Crippen LogP contribution in [0, 0.1) is 5.92 Å². The number of rotatable bonds is 14. The lowest BCUT2D eigenvalue weighted by atomic mass is 9.89. The smallest absolute Gasteiger partial charge is 0.325 e. The first-order valence-electron chi connectivity index (χ1n) is 17.1. The number of hydrogen-bond acceptors (Lipinski definition) is 7. The van der Waals surface area contributed by atoms with Gasteiger partial charge in [0.25, 0.3) is 0 Å². The third kappa shape index (κ3) is 9.32. The van der Waals surface area contributed by atoms with Gasteiger partial charge in [0.05, 0.1) is 25.4 Å². The molecular weight excluding hydrogens is 606 g/mol. The third-order valence-corrected chi connectivity index (χ3v) is 9.31. The van der Waals surface area contributed by atoms with Gasteiger partial charge in [-0.1, -0.05) is 86.5 Å². The summed E-state index contributed by atoms with van der Waals surface area (Å²) in [5.41, 5.74) is 5.79. The Labute approximate surface area is 284 Å². The first kappa shape index (κ1) is 35.3. The summed E-state index contributed by atoms with van der Waals surface area (Å²) in [5, 5.41) is 14.9. The summed E-state index contributed by atoms with van der Waals surface area (Å²) in [6, 6.07) is 24.3. The molecule has 1 saturated heterocycles. The third-order valence-electron chi connectivity index (χ3n) is 9.31. The van der Waals surface area contributed by atoms with E-state index in [1.807, 2.05) is 54.6 Å². The number of aliphatic hydroxyl groups excluding tert-OH is 1. The van der Waals surface area contributed by atoms with Crippen molar-refractivity contribution in [3.05, 3.63) is 108 Å². The van der Waals surface area contributed by atoms with E-state index in [0.29, 0.717) is 12.6 Å². The molecule has 9 nitrogen and oxygen atoms in total. The molecule has 1 aliphatic heterocycles. The number of nitrogens with one attached hydrogen (secondary N) is 2. The van der Waals surface area contributed by atoms with E-state index in [-0.39, 0.29) is 37.9 Å². The van der Waals surface area contributed by atoms with E-state index in [4.69, 9.17) is 14.2 Å². The number of ether oxygens (including phenoxy) is 3. The number of carbonyl (C=O) groups excluding carboxylic acids is 2. The van der Waals surface area contributed by atoms with Crippen molar-refractivity contribution in [2.75, 3.05) is 26.2 Å². The van der Waals surface area contributed by atoms with Gasteiger partial charge in [0.2, 0.25) is 0 Å². The molecule has 5 rings (SSSR count). The molecule has 1 aliphatic carbocycles. The fourth-order valence-corrected chi connectivity index (χ4v) is 6.70. The number of aliphatic hydroxyl groups is 1. The lowest BCUT2D eigenvalue weighted by Gasteiger charge is -2.43. The zero-order chi connectivity index (χ0) is 33.9. The van der Waals surface area contributed by atoms with Crippen LogP contribution in [0.25, 0.3) is 11.1 Å². The molecule has 9 heteroatoms. The Morgan fingerprint density at radius 2 is 1.69 bits per heavy atom. The van der Waals surface area contributed by atoms with Crippen molar-refractivity contribution >= 4 is 12.0 Å². The van der Waals surface area contributed by atoms with Crippen molar-refractivity contribution in [2.45, 2.75) is 77.2 Å². The van der Waals surface area contributed by atoms with Gasteiger partial charge in [0, 0.05) is 37.2 Å². The summed E-state index contributed by atoms with van der Waals surface area (Å²) in [5.74, 6) is -0.383. The zero-order valence-corrected chi connectivity index (χ0v) is 28.1.